The molecule has 28 heavy (non-hydrogen) atoms. The van der Waals surface area contributed by atoms with Gasteiger partial charge < -0.3 is 10.1 Å². The van der Waals surface area contributed by atoms with E-state index in [9.17, 15) is 4.79 Å². The zero-order chi connectivity index (χ0) is 19.3. The number of carbonyl (C=O) groups is 1. The summed E-state index contributed by atoms with van der Waals surface area (Å²) in [6, 6.07) is 12.8. The molecule has 0 spiro atoms. The lowest BCUT2D eigenvalue weighted by Gasteiger charge is -2.07. The number of anilines is 1. The first-order valence-electron chi connectivity index (χ1n) is 8.32. The Morgan fingerprint density at radius 3 is 2.50 bits per heavy atom. The Hall–Kier alpha value is -2.55. The van der Waals surface area contributed by atoms with Crippen molar-refractivity contribution in [2.45, 2.75) is 6.42 Å². The molecule has 0 saturated heterocycles. The van der Waals surface area contributed by atoms with Gasteiger partial charge in [-0.05, 0) is 58.4 Å². The topological polar surface area (TPSA) is 64.1 Å². The van der Waals surface area contributed by atoms with Gasteiger partial charge in [-0.2, -0.15) is 0 Å². The van der Waals surface area contributed by atoms with Crippen LogP contribution in [0.4, 0.5) is 5.69 Å². The second-order valence-electron chi connectivity index (χ2n) is 5.81. The van der Waals surface area contributed by atoms with Crippen molar-refractivity contribution in [2.24, 2.45) is 0 Å². The van der Waals surface area contributed by atoms with Gasteiger partial charge in [0.05, 0.1) is 17.0 Å². The molecule has 140 valence electrons. The van der Waals surface area contributed by atoms with Crippen molar-refractivity contribution in [2.75, 3.05) is 5.32 Å². The van der Waals surface area contributed by atoms with Crippen LogP contribution in [0.15, 0.2) is 70.1 Å². The lowest BCUT2D eigenvalue weighted by atomic mass is 10.2. The van der Waals surface area contributed by atoms with E-state index in [4.69, 9.17) is 4.74 Å². The van der Waals surface area contributed by atoms with Gasteiger partial charge in [-0.15, -0.1) is 22.7 Å². The Morgan fingerprint density at radius 2 is 1.79 bits per heavy atom. The molecule has 0 atom stereocenters. The van der Waals surface area contributed by atoms with Crippen LogP contribution in [0, 0.1) is 0 Å². The van der Waals surface area contributed by atoms with Crippen LogP contribution in [0.5, 0.6) is 11.5 Å². The van der Waals surface area contributed by atoms with E-state index in [1.807, 2.05) is 41.1 Å². The number of aromatic nitrogens is 2. The number of carbonyl (C=O) groups excluding carboxylic acids is 1. The third-order valence-electron chi connectivity index (χ3n) is 3.70. The predicted octanol–water partition coefficient (Wildman–Crippen LogP) is 6.00. The van der Waals surface area contributed by atoms with E-state index in [0.29, 0.717) is 17.2 Å². The van der Waals surface area contributed by atoms with E-state index < -0.39 is 0 Å². The number of halogens is 1. The highest BCUT2D eigenvalue weighted by molar-refractivity contribution is 9.10. The quantitative estimate of drug-likeness (QED) is 0.374. The van der Waals surface area contributed by atoms with E-state index in [2.05, 4.69) is 31.2 Å². The lowest BCUT2D eigenvalue weighted by Crippen LogP contribution is -2.14. The summed E-state index contributed by atoms with van der Waals surface area (Å²) in [5.41, 5.74) is 1.48. The Morgan fingerprint density at radius 1 is 1.04 bits per heavy atom. The molecule has 4 aromatic rings. The summed E-state index contributed by atoms with van der Waals surface area (Å²) in [4.78, 5) is 21.9. The van der Waals surface area contributed by atoms with Crippen LogP contribution in [0.25, 0.3) is 9.88 Å². The second kappa shape index (κ2) is 8.64. The average molecular weight is 472 g/mol. The number of thiophene rings is 1. The fourth-order valence-corrected chi connectivity index (χ4v) is 4.77. The first kappa shape index (κ1) is 18.8. The van der Waals surface area contributed by atoms with Gasteiger partial charge >= 0.3 is 0 Å². The number of pyridine rings is 1. The third kappa shape index (κ3) is 4.83. The maximum Gasteiger partial charge on any atom is 0.230 e. The number of amides is 1. The molecule has 1 N–H and O–H groups in total. The van der Waals surface area contributed by atoms with E-state index in [1.54, 1.807) is 47.2 Å². The average Bonchev–Trinajstić information content (AvgIpc) is 3.33. The van der Waals surface area contributed by atoms with E-state index in [-0.39, 0.29) is 12.3 Å². The van der Waals surface area contributed by atoms with Crippen molar-refractivity contribution in [3.8, 4) is 21.4 Å². The SMILES string of the molecule is O=C(Cc1csc(-c2cc(Br)cs2)n1)Nc1ccc(Oc2ccncc2)cc1. The van der Waals surface area contributed by atoms with Gasteiger partial charge in [0.15, 0.2) is 0 Å². The summed E-state index contributed by atoms with van der Waals surface area (Å²) >= 11 is 6.62. The highest BCUT2D eigenvalue weighted by atomic mass is 79.9. The number of hydrogen-bond donors (Lipinski definition) is 1. The van der Waals surface area contributed by atoms with Gasteiger partial charge in [0.2, 0.25) is 5.91 Å². The fourth-order valence-electron chi connectivity index (χ4n) is 2.44. The number of nitrogens with one attached hydrogen (secondary N) is 1. The molecule has 0 aliphatic heterocycles. The maximum atomic E-state index is 12.3. The molecule has 0 radical (unpaired) electrons. The number of benzene rings is 1. The van der Waals surface area contributed by atoms with Gasteiger partial charge in [0, 0.05) is 33.3 Å². The first-order valence-corrected chi connectivity index (χ1v) is 10.9. The summed E-state index contributed by atoms with van der Waals surface area (Å²) in [5, 5.41) is 7.76. The number of ether oxygens (including phenoxy) is 1. The van der Waals surface area contributed by atoms with Gasteiger partial charge in [-0.1, -0.05) is 0 Å². The second-order valence-corrected chi connectivity index (χ2v) is 8.49. The molecule has 0 bridgehead atoms. The standard InChI is InChI=1S/C20H14BrN3O2S2/c21-13-9-18(27-11-13)20-24-15(12-28-20)10-19(25)23-14-1-3-16(4-2-14)26-17-5-7-22-8-6-17/h1-9,11-12H,10H2,(H,23,25). The molecule has 0 fully saturated rings. The largest absolute Gasteiger partial charge is 0.457 e. The van der Waals surface area contributed by atoms with Crippen LogP contribution in [0.2, 0.25) is 0 Å². The molecule has 0 aliphatic carbocycles. The molecular weight excluding hydrogens is 458 g/mol. The molecule has 1 amide bonds. The van der Waals surface area contributed by atoms with Crippen molar-refractivity contribution >= 4 is 50.2 Å². The predicted molar refractivity (Wildman–Crippen MR) is 116 cm³/mol. The van der Waals surface area contributed by atoms with Crippen molar-refractivity contribution in [1.82, 2.24) is 9.97 Å². The monoisotopic (exact) mass is 471 g/mol. The zero-order valence-corrected chi connectivity index (χ0v) is 17.7. The van der Waals surface area contributed by atoms with Crippen LogP contribution < -0.4 is 10.1 Å². The maximum absolute atomic E-state index is 12.3. The molecule has 1 aromatic carbocycles. The van der Waals surface area contributed by atoms with Crippen LogP contribution in [0.1, 0.15) is 5.69 Å². The molecule has 0 unspecified atom stereocenters. The Bertz CT molecular complexity index is 1080. The van der Waals surface area contributed by atoms with E-state index >= 15 is 0 Å². The fraction of sp³-hybridized carbons (Fsp3) is 0.0500. The molecule has 0 aliphatic rings. The third-order valence-corrected chi connectivity index (χ3v) is 6.45. The number of thiazole rings is 1. The lowest BCUT2D eigenvalue weighted by molar-refractivity contribution is -0.115. The first-order chi connectivity index (χ1) is 13.7. The molecule has 3 aromatic heterocycles. The van der Waals surface area contributed by atoms with Crippen molar-refractivity contribution in [3.63, 3.8) is 0 Å². The van der Waals surface area contributed by atoms with Crippen molar-refractivity contribution in [1.29, 1.82) is 0 Å². The summed E-state index contributed by atoms with van der Waals surface area (Å²) in [6.45, 7) is 0. The minimum absolute atomic E-state index is 0.105. The van der Waals surface area contributed by atoms with E-state index in [0.717, 1.165) is 20.1 Å². The smallest absolute Gasteiger partial charge is 0.230 e. The van der Waals surface area contributed by atoms with Gasteiger partial charge in [0.25, 0.3) is 0 Å². The van der Waals surface area contributed by atoms with Gasteiger partial charge in [0.1, 0.15) is 16.5 Å². The number of nitrogens with zero attached hydrogens (tertiary/aromatic N) is 2. The van der Waals surface area contributed by atoms with E-state index in [1.165, 1.54) is 0 Å². The Labute approximate surface area is 178 Å². The Kier molecular flexibility index (Phi) is 5.80. The van der Waals surface area contributed by atoms with Gasteiger partial charge in [-0.25, -0.2) is 4.98 Å². The minimum Gasteiger partial charge on any atom is -0.457 e. The number of rotatable bonds is 6. The van der Waals surface area contributed by atoms with Crippen LogP contribution in [-0.4, -0.2) is 15.9 Å². The molecule has 8 heteroatoms. The van der Waals surface area contributed by atoms with Crippen LogP contribution in [-0.2, 0) is 11.2 Å². The minimum atomic E-state index is -0.105. The molecule has 4 rings (SSSR count). The molecular formula is C20H14BrN3O2S2. The summed E-state index contributed by atoms with van der Waals surface area (Å²) in [6.07, 6.45) is 3.58. The summed E-state index contributed by atoms with van der Waals surface area (Å²) < 4.78 is 6.76. The summed E-state index contributed by atoms with van der Waals surface area (Å²) in [7, 11) is 0. The van der Waals surface area contributed by atoms with Crippen LogP contribution >= 0.6 is 38.6 Å². The summed E-state index contributed by atoms with van der Waals surface area (Å²) in [5.74, 6) is 1.30. The van der Waals surface area contributed by atoms with Gasteiger partial charge in [-0.3, -0.25) is 9.78 Å². The Balaban J connectivity index is 1.34. The zero-order valence-electron chi connectivity index (χ0n) is 14.5. The number of hydrogen-bond acceptors (Lipinski definition) is 6. The highest BCUT2D eigenvalue weighted by Crippen LogP contribution is 2.32. The molecule has 3 heterocycles. The van der Waals surface area contributed by atoms with Crippen molar-refractivity contribution < 1.29 is 9.53 Å². The van der Waals surface area contributed by atoms with Crippen molar-refractivity contribution in [3.05, 3.63) is 75.8 Å². The molecule has 0 saturated carbocycles. The normalized spacial score (nSPS) is 10.6. The highest BCUT2D eigenvalue weighted by Gasteiger charge is 2.11. The molecule has 5 nitrogen and oxygen atoms in total. The van der Waals surface area contributed by atoms with Crippen LogP contribution in [0.3, 0.4) is 0 Å².